The fraction of sp³-hybridized carbons (Fsp3) is 0.227. The molecule has 0 aliphatic carbocycles. The number of hydrogen-bond acceptors (Lipinski definition) is 5. The van der Waals surface area contributed by atoms with Crippen molar-refractivity contribution >= 4 is 23.3 Å². The minimum Gasteiger partial charge on any atom is -0.459 e. The molecular formula is C22H22N4O3. The van der Waals surface area contributed by atoms with E-state index in [1.807, 2.05) is 31.2 Å². The van der Waals surface area contributed by atoms with Crippen molar-refractivity contribution in [1.82, 2.24) is 14.8 Å². The number of carbonyl (C=O) groups excluding carboxylic acids is 2. The third kappa shape index (κ3) is 4.29. The largest absolute Gasteiger partial charge is 0.459 e. The quantitative estimate of drug-likeness (QED) is 0.739. The molecule has 1 aliphatic heterocycles. The number of furan rings is 1. The van der Waals surface area contributed by atoms with Crippen LogP contribution in [0.2, 0.25) is 0 Å². The second kappa shape index (κ2) is 8.18. The topological polar surface area (TPSA) is 78.7 Å². The second-order valence-corrected chi connectivity index (χ2v) is 6.98. The highest BCUT2D eigenvalue weighted by Crippen LogP contribution is 2.18. The van der Waals surface area contributed by atoms with Crippen LogP contribution in [0.5, 0.6) is 0 Å². The summed E-state index contributed by atoms with van der Waals surface area (Å²) in [6.45, 7) is 3.95. The van der Waals surface area contributed by atoms with E-state index in [0.29, 0.717) is 43.3 Å². The van der Waals surface area contributed by atoms with Crippen LogP contribution in [0.15, 0.2) is 65.4 Å². The van der Waals surface area contributed by atoms with Gasteiger partial charge in [-0.25, -0.2) is 4.98 Å². The number of amides is 2. The first kappa shape index (κ1) is 18.7. The minimum absolute atomic E-state index is 0.0653. The molecule has 0 unspecified atom stereocenters. The Labute approximate surface area is 169 Å². The van der Waals surface area contributed by atoms with Gasteiger partial charge < -0.3 is 19.5 Å². The summed E-state index contributed by atoms with van der Waals surface area (Å²) in [5.74, 6) is 0.733. The molecule has 1 aromatic carbocycles. The van der Waals surface area contributed by atoms with E-state index in [0.717, 1.165) is 5.69 Å². The Morgan fingerprint density at radius 3 is 2.31 bits per heavy atom. The predicted octanol–water partition coefficient (Wildman–Crippen LogP) is 3.32. The van der Waals surface area contributed by atoms with E-state index in [4.69, 9.17) is 4.42 Å². The molecule has 1 aliphatic rings. The number of aryl methyl sites for hydroxylation is 1. The predicted molar refractivity (Wildman–Crippen MR) is 109 cm³/mol. The number of anilines is 2. The van der Waals surface area contributed by atoms with Gasteiger partial charge in [0.1, 0.15) is 5.82 Å². The van der Waals surface area contributed by atoms with Gasteiger partial charge in [-0.15, -0.1) is 0 Å². The Bertz CT molecular complexity index is 991. The molecule has 1 fully saturated rings. The molecule has 148 valence electrons. The van der Waals surface area contributed by atoms with Gasteiger partial charge in [0, 0.05) is 43.6 Å². The highest BCUT2D eigenvalue weighted by Gasteiger charge is 2.26. The Balaban J connectivity index is 1.38. The minimum atomic E-state index is -0.143. The lowest BCUT2D eigenvalue weighted by molar-refractivity contribution is 0.0518. The maximum absolute atomic E-state index is 12.9. The van der Waals surface area contributed by atoms with Crippen molar-refractivity contribution < 1.29 is 14.0 Å². The summed E-state index contributed by atoms with van der Waals surface area (Å²) in [6.07, 6.45) is 3.11. The van der Waals surface area contributed by atoms with Crippen LogP contribution < -0.4 is 5.32 Å². The smallest absolute Gasteiger partial charge is 0.289 e. The summed E-state index contributed by atoms with van der Waals surface area (Å²) < 4.78 is 5.17. The molecule has 4 rings (SSSR count). The van der Waals surface area contributed by atoms with Crippen molar-refractivity contribution in [3.8, 4) is 0 Å². The lowest BCUT2D eigenvalue weighted by atomic mass is 10.2. The maximum Gasteiger partial charge on any atom is 0.289 e. The summed E-state index contributed by atoms with van der Waals surface area (Å²) in [5, 5.41) is 3.22. The van der Waals surface area contributed by atoms with Crippen molar-refractivity contribution in [2.75, 3.05) is 31.5 Å². The number of rotatable bonds is 4. The number of nitrogens with one attached hydrogen (secondary N) is 1. The van der Waals surface area contributed by atoms with E-state index in [-0.39, 0.29) is 11.8 Å². The number of pyridine rings is 1. The van der Waals surface area contributed by atoms with Gasteiger partial charge in [0.05, 0.1) is 6.26 Å². The molecule has 29 heavy (non-hydrogen) atoms. The first-order valence-corrected chi connectivity index (χ1v) is 9.52. The Hall–Kier alpha value is -3.61. The lowest BCUT2D eigenvalue weighted by Crippen LogP contribution is -2.50. The normalized spacial score (nSPS) is 14.0. The van der Waals surface area contributed by atoms with E-state index < -0.39 is 0 Å². The van der Waals surface area contributed by atoms with Gasteiger partial charge >= 0.3 is 0 Å². The summed E-state index contributed by atoms with van der Waals surface area (Å²) in [4.78, 5) is 33.0. The van der Waals surface area contributed by atoms with Crippen LogP contribution >= 0.6 is 0 Å². The van der Waals surface area contributed by atoms with Crippen LogP contribution in [0, 0.1) is 6.92 Å². The summed E-state index contributed by atoms with van der Waals surface area (Å²) in [6, 6.07) is 14.8. The number of aromatic nitrogens is 1. The Morgan fingerprint density at radius 2 is 1.66 bits per heavy atom. The van der Waals surface area contributed by atoms with E-state index in [1.54, 1.807) is 40.3 Å². The van der Waals surface area contributed by atoms with Gasteiger partial charge in [0.2, 0.25) is 0 Å². The molecular weight excluding hydrogens is 368 g/mol. The van der Waals surface area contributed by atoms with Crippen LogP contribution in [0.4, 0.5) is 11.5 Å². The molecule has 7 heteroatoms. The summed E-state index contributed by atoms with van der Waals surface area (Å²) in [5.41, 5.74) is 2.66. The highest BCUT2D eigenvalue weighted by molar-refractivity contribution is 5.95. The molecule has 0 saturated carbocycles. The Morgan fingerprint density at radius 1 is 0.966 bits per heavy atom. The molecule has 3 aromatic rings. The monoisotopic (exact) mass is 390 g/mol. The van der Waals surface area contributed by atoms with Crippen LogP contribution in [-0.2, 0) is 0 Å². The van der Waals surface area contributed by atoms with Crippen LogP contribution in [0.25, 0.3) is 0 Å². The van der Waals surface area contributed by atoms with Gasteiger partial charge in [0.25, 0.3) is 11.8 Å². The molecule has 7 nitrogen and oxygen atoms in total. The van der Waals surface area contributed by atoms with Gasteiger partial charge in [-0.2, -0.15) is 0 Å². The van der Waals surface area contributed by atoms with Crippen LogP contribution in [0.3, 0.4) is 0 Å². The fourth-order valence-electron chi connectivity index (χ4n) is 3.27. The van der Waals surface area contributed by atoms with Crippen molar-refractivity contribution in [2.24, 2.45) is 0 Å². The zero-order valence-corrected chi connectivity index (χ0v) is 16.2. The maximum atomic E-state index is 12.9. The number of piperazine rings is 1. The fourth-order valence-corrected chi connectivity index (χ4v) is 3.27. The van der Waals surface area contributed by atoms with E-state index in [1.165, 1.54) is 11.8 Å². The zero-order valence-electron chi connectivity index (χ0n) is 16.2. The standard InChI is InChI=1S/C22H22N4O3/c1-16-4-6-18(7-5-16)24-20-15-17(8-9-23-20)21(27)25-10-12-26(13-11-25)22(28)19-3-2-14-29-19/h2-9,14-15H,10-13H2,1H3,(H,23,24). The molecule has 1 N–H and O–H groups in total. The first-order chi connectivity index (χ1) is 14.1. The average Bonchev–Trinajstić information content (AvgIpc) is 3.30. The van der Waals surface area contributed by atoms with Crippen molar-refractivity contribution in [3.63, 3.8) is 0 Å². The highest BCUT2D eigenvalue weighted by atomic mass is 16.3. The van der Waals surface area contributed by atoms with Crippen LogP contribution in [0.1, 0.15) is 26.5 Å². The second-order valence-electron chi connectivity index (χ2n) is 6.98. The number of nitrogens with zero attached hydrogens (tertiary/aromatic N) is 3. The van der Waals surface area contributed by atoms with E-state index in [9.17, 15) is 9.59 Å². The third-order valence-corrected chi connectivity index (χ3v) is 4.92. The summed E-state index contributed by atoms with van der Waals surface area (Å²) in [7, 11) is 0. The van der Waals surface area contributed by atoms with E-state index in [2.05, 4.69) is 10.3 Å². The molecule has 2 amide bonds. The van der Waals surface area contributed by atoms with Gasteiger partial charge in [-0.3, -0.25) is 9.59 Å². The molecule has 0 bridgehead atoms. The van der Waals surface area contributed by atoms with Gasteiger partial charge in [0.15, 0.2) is 5.76 Å². The number of benzene rings is 1. The third-order valence-electron chi connectivity index (χ3n) is 4.92. The molecule has 0 radical (unpaired) electrons. The zero-order chi connectivity index (χ0) is 20.2. The Kier molecular flexibility index (Phi) is 5.29. The molecule has 1 saturated heterocycles. The van der Waals surface area contributed by atoms with Crippen molar-refractivity contribution in [2.45, 2.75) is 6.92 Å². The SMILES string of the molecule is Cc1ccc(Nc2cc(C(=O)N3CCN(C(=O)c4ccco4)CC3)ccn2)cc1. The molecule has 2 aromatic heterocycles. The average molecular weight is 390 g/mol. The van der Waals surface area contributed by atoms with E-state index >= 15 is 0 Å². The van der Waals surface area contributed by atoms with Crippen LogP contribution in [-0.4, -0.2) is 52.8 Å². The number of carbonyl (C=O) groups is 2. The van der Waals surface area contributed by atoms with Crippen molar-refractivity contribution in [1.29, 1.82) is 0 Å². The van der Waals surface area contributed by atoms with Gasteiger partial charge in [-0.05, 0) is 43.3 Å². The first-order valence-electron chi connectivity index (χ1n) is 9.52. The van der Waals surface area contributed by atoms with Gasteiger partial charge in [-0.1, -0.05) is 17.7 Å². The number of hydrogen-bond donors (Lipinski definition) is 1. The molecule has 0 atom stereocenters. The van der Waals surface area contributed by atoms with Crippen molar-refractivity contribution in [3.05, 3.63) is 77.9 Å². The summed E-state index contributed by atoms with van der Waals surface area (Å²) >= 11 is 0. The lowest BCUT2D eigenvalue weighted by Gasteiger charge is -2.34. The molecule has 0 spiro atoms. The molecule has 3 heterocycles.